The predicted octanol–water partition coefficient (Wildman–Crippen LogP) is 4.75. The van der Waals surface area contributed by atoms with Gasteiger partial charge < -0.3 is 15.0 Å². The summed E-state index contributed by atoms with van der Waals surface area (Å²) in [5, 5.41) is 3.52. The first-order valence-corrected chi connectivity index (χ1v) is 10.3. The lowest BCUT2D eigenvalue weighted by molar-refractivity contribution is -0.140. The molecule has 0 radical (unpaired) electrons. The first-order valence-electron chi connectivity index (χ1n) is 9.96. The molecule has 0 aromatic heterocycles. The van der Waals surface area contributed by atoms with Gasteiger partial charge in [0.2, 0.25) is 11.8 Å². The lowest BCUT2D eigenvalue weighted by Crippen LogP contribution is -2.42. The summed E-state index contributed by atoms with van der Waals surface area (Å²) in [6.45, 7) is 2.04. The molecule has 0 saturated carbocycles. The van der Waals surface area contributed by atoms with Crippen LogP contribution in [0, 0.1) is 0 Å². The first kappa shape index (κ1) is 22.4. The minimum atomic E-state index is -0.775. The standard InChI is InChI=1S/C25H25ClN2O3/c1-18(29)28(17-19-12-14-22(31-2)15-13-19)24(20-8-4-3-5-9-20)25(30)27-16-21-10-6-7-11-23(21)26/h3-15,24H,16-17H2,1-2H3,(H,27,30). The number of benzene rings is 3. The summed E-state index contributed by atoms with van der Waals surface area (Å²) in [7, 11) is 1.60. The van der Waals surface area contributed by atoms with E-state index in [0.29, 0.717) is 11.6 Å². The van der Waals surface area contributed by atoms with Crippen molar-refractivity contribution in [2.24, 2.45) is 0 Å². The van der Waals surface area contributed by atoms with Gasteiger partial charge >= 0.3 is 0 Å². The maximum atomic E-state index is 13.3. The molecule has 31 heavy (non-hydrogen) atoms. The zero-order chi connectivity index (χ0) is 22.2. The number of ether oxygens (including phenoxy) is 1. The van der Waals surface area contributed by atoms with Gasteiger partial charge in [-0.15, -0.1) is 0 Å². The number of rotatable bonds is 8. The molecule has 6 heteroatoms. The number of nitrogens with zero attached hydrogens (tertiary/aromatic N) is 1. The van der Waals surface area contributed by atoms with Gasteiger partial charge in [-0.05, 0) is 34.9 Å². The van der Waals surface area contributed by atoms with Gasteiger partial charge in [0, 0.05) is 25.0 Å². The molecule has 0 aliphatic carbocycles. The van der Waals surface area contributed by atoms with Crippen molar-refractivity contribution in [1.29, 1.82) is 0 Å². The van der Waals surface area contributed by atoms with E-state index >= 15 is 0 Å². The molecule has 3 aromatic rings. The van der Waals surface area contributed by atoms with Crippen molar-refractivity contribution in [2.45, 2.75) is 26.1 Å². The fraction of sp³-hybridized carbons (Fsp3) is 0.200. The third kappa shape index (κ3) is 5.86. The number of carbonyl (C=O) groups is 2. The Morgan fingerprint density at radius 2 is 1.61 bits per heavy atom. The van der Waals surface area contributed by atoms with Crippen LogP contribution >= 0.6 is 11.6 Å². The highest BCUT2D eigenvalue weighted by Gasteiger charge is 2.29. The van der Waals surface area contributed by atoms with Crippen LogP contribution in [0.3, 0.4) is 0 Å². The van der Waals surface area contributed by atoms with Gasteiger partial charge in [-0.2, -0.15) is 0 Å². The Morgan fingerprint density at radius 1 is 0.968 bits per heavy atom. The molecule has 0 aliphatic heterocycles. The Morgan fingerprint density at radius 3 is 2.23 bits per heavy atom. The average molecular weight is 437 g/mol. The molecular weight excluding hydrogens is 412 g/mol. The zero-order valence-electron chi connectivity index (χ0n) is 17.5. The second-order valence-electron chi connectivity index (χ2n) is 7.12. The van der Waals surface area contributed by atoms with E-state index in [-0.39, 0.29) is 18.4 Å². The van der Waals surface area contributed by atoms with Crippen molar-refractivity contribution in [3.8, 4) is 5.75 Å². The number of methoxy groups -OCH3 is 1. The SMILES string of the molecule is COc1ccc(CN(C(C)=O)C(C(=O)NCc2ccccc2Cl)c2ccccc2)cc1. The maximum absolute atomic E-state index is 13.3. The smallest absolute Gasteiger partial charge is 0.247 e. The van der Waals surface area contributed by atoms with Crippen LogP contribution in [0.1, 0.15) is 29.7 Å². The Balaban J connectivity index is 1.87. The average Bonchev–Trinajstić information content (AvgIpc) is 2.79. The molecule has 1 unspecified atom stereocenters. The van der Waals surface area contributed by atoms with Gasteiger partial charge in [0.15, 0.2) is 0 Å². The highest BCUT2D eigenvalue weighted by molar-refractivity contribution is 6.31. The molecule has 0 spiro atoms. The van der Waals surface area contributed by atoms with Crippen LogP contribution in [0.15, 0.2) is 78.9 Å². The van der Waals surface area contributed by atoms with E-state index in [4.69, 9.17) is 16.3 Å². The molecule has 160 valence electrons. The molecule has 1 N–H and O–H groups in total. The summed E-state index contributed by atoms with van der Waals surface area (Å²) >= 11 is 6.22. The largest absolute Gasteiger partial charge is 0.497 e. The van der Waals surface area contributed by atoms with Gasteiger partial charge in [-0.1, -0.05) is 72.3 Å². The fourth-order valence-electron chi connectivity index (χ4n) is 3.34. The summed E-state index contributed by atoms with van der Waals surface area (Å²) in [4.78, 5) is 27.5. The quantitative estimate of drug-likeness (QED) is 0.554. The minimum Gasteiger partial charge on any atom is -0.497 e. The van der Waals surface area contributed by atoms with Gasteiger partial charge in [-0.3, -0.25) is 9.59 Å². The second-order valence-corrected chi connectivity index (χ2v) is 7.52. The molecule has 0 aliphatic rings. The topological polar surface area (TPSA) is 58.6 Å². The normalized spacial score (nSPS) is 11.5. The van der Waals surface area contributed by atoms with Crippen molar-refractivity contribution in [3.63, 3.8) is 0 Å². The molecule has 3 rings (SSSR count). The lowest BCUT2D eigenvalue weighted by Gasteiger charge is -2.30. The summed E-state index contributed by atoms with van der Waals surface area (Å²) in [6.07, 6.45) is 0. The summed E-state index contributed by atoms with van der Waals surface area (Å²) < 4.78 is 5.20. The van der Waals surface area contributed by atoms with Crippen LogP contribution in [-0.4, -0.2) is 23.8 Å². The Hall–Kier alpha value is -3.31. The molecule has 0 saturated heterocycles. The van der Waals surface area contributed by atoms with Gasteiger partial charge in [-0.25, -0.2) is 0 Å². The molecule has 0 fully saturated rings. The second kappa shape index (κ2) is 10.6. The summed E-state index contributed by atoms with van der Waals surface area (Å²) in [6, 6.07) is 23.3. The molecule has 0 bridgehead atoms. The van der Waals surface area contributed by atoms with E-state index < -0.39 is 6.04 Å². The zero-order valence-corrected chi connectivity index (χ0v) is 18.3. The third-order valence-electron chi connectivity index (χ3n) is 5.00. The fourth-order valence-corrected chi connectivity index (χ4v) is 3.54. The van der Waals surface area contributed by atoms with Crippen molar-refractivity contribution in [3.05, 3.63) is 101 Å². The van der Waals surface area contributed by atoms with Crippen LogP contribution in [0.5, 0.6) is 5.75 Å². The van der Waals surface area contributed by atoms with Crippen LogP contribution < -0.4 is 10.1 Å². The number of nitrogens with one attached hydrogen (secondary N) is 1. The predicted molar refractivity (Wildman–Crippen MR) is 122 cm³/mol. The molecule has 5 nitrogen and oxygen atoms in total. The Bertz CT molecular complexity index is 1020. The van der Waals surface area contributed by atoms with Crippen LogP contribution in [0.4, 0.5) is 0 Å². The number of amides is 2. The molecule has 1 atom stereocenters. The third-order valence-corrected chi connectivity index (χ3v) is 5.37. The Kier molecular flexibility index (Phi) is 7.68. The minimum absolute atomic E-state index is 0.197. The number of hydrogen-bond donors (Lipinski definition) is 1. The number of halogens is 1. The van der Waals surface area contributed by atoms with E-state index in [2.05, 4.69) is 5.32 Å². The summed E-state index contributed by atoms with van der Waals surface area (Å²) in [5.41, 5.74) is 2.45. The molecular formula is C25H25ClN2O3. The van der Waals surface area contributed by atoms with Crippen molar-refractivity contribution >= 4 is 23.4 Å². The number of hydrogen-bond acceptors (Lipinski definition) is 3. The highest BCUT2D eigenvalue weighted by Crippen LogP contribution is 2.25. The van der Waals surface area contributed by atoms with Crippen molar-refractivity contribution in [1.82, 2.24) is 10.2 Å². The van der Waals surface area contributed by atoms with Crippen LogP contribution in [-0.2, 0) is 22.7 Å². The highest BCUT2D eigenvalue weighted by atomic mass is 35.5. The van der Waals surface area contributed by atoms with E-state index in [0.717, 1.165) is 22.4 Å². The maximum Gasteiger partial charge on any atom is 0.247 e. The molecule has 2 amide bonds. The van der Waals surface area contributed by atoms with Gasteiger partial charge in [0.05, 0.1) is 7.11 Å². The monoisotopic (exact) mass is 436 g/mol. The van der Waals surface area contributed by atoms with E-state index in [1.807, 2.05) is 72.8 Å². The van der Waals surface area contributed by atoms with Crippen molar-refractivity contribution in [2.75, 3.05) is 7.11 Å². The Labute approximate surface area is 187 Å². The lowest BCUT2D eigenvalue weighted by atomic mass is 10.0. The van der Waals surface area contributed by atoms with Crippen LogP contribution in [0.2, 0.25) is 5.02 Å². The van der Waals surface area contributed by atoms with Gasteiger partial charge in [0.25, 0.3) is 0 Å². The van der Waals surface area contributed by atoms with E-state index in [1.54, 1.807) is 18.1 Å². The van der Waals surface area contributed by atoms with Crippen molar-refractivity contribution < 1.29 is 14.3 Å². The van der Waals surface area contributed by atoms with Gasteiger partial charge in [0.1, 0.15) is 11.8 Å². The summed E-state index contributed by atoms with van der Waals surface area (Å²) in [5.74, 6) is 0.266. The molecule has 0 heterocycles. The first-order chi connectivity index (χ1) is 15.0. The van der Waals surface area contributed by atoms with E-state index in [1.165, 1.54) is 6.92 Å². The van der Waals surface area contributed by atoms with E-state index in [9.17, 15) is 9.59 Å². The molecule has 3 aromatic carbocycles. The van der Waals surface area contributed by atoms with Crippen LogP contribution in [0.25, 0.3) is 0 Å². The number of carbonyl (C=O) groups excluding carboxylic acids is 2.